The minimum absolute atomic E-state index is 0.0611. The summed E-state index contributed by atoms with van der Waals surface area (Å²) >= 11 is 0. The number of esters is 1. The van der Waals surface area contributed by atoms with Crippen LogP contribution < -0.4 is 0 Å². The van der Waals surface area contributed by atoms with E-state index in [0.717, 1.165) is 49.4 Å². The third-order valence-corrected chi connectivity index (χ3v) is 11.6. The van der Waals surface area contributed by atoms with E-state index in [0.29, 0.717) is 23.5 Å². The molecule has 0 amide bonds. The number of hydrogen-bond donors (Lipinski definition) is 0. The van der Waals surface area contributed by atoms with E-state index in [9.17, 15) is 9.59 Å². The van der Waals surface area contributed by atoms with Gasteiger partial charge in [0.1, 0.15) is 11.9 Å². The van der Waals surface area contributed by atoms with Crippen LogP contribution in [0.25, 0.3) is 0 Å². The van der Waals surface area contributed by atoms with E-state index < -0.39 is 0 Å². The average molecular weight is 459 g/mol. The number of fused-ring (bicyclic) bond motifs is 5. The summed E-state index contributed by atoms with van der Waals surface area (Å²) in [6, 6.07) is 0. The Hall–Kier alpha value is -0.860. The summed E-state index contributed by atoms with van der Waals surface area (Å²) in [6.45, 7) is 16.0. The van der Waals surface area contributed by atoms with Crippen LogP contribution >= 0.6 is 0 Å². The zero-order valence-electron chi connectivity index (χ0n) is 22.5. The van der Waals surface area contributed by atoms with Crippen molar-refractivity contribution >= 4 is 11.8 Å². The molecule has 4 rings (SSSR count). The maximum absolute atomic E-state index is 13.9. The lowest BCUT2D eigenvalue weighted by Gasteiger charge is -2.60. The molecule has 3 nitrogen and oxygen atoms in total. The molecule has 0 heterocycles. The summed E-state index contributed by atoms with van der Waals surface area (Å²) in [5.41, 5.74) is 0.311. The maximum Gasteiger partial charge on any atom is 0.302 e. The van der Waals surface area contributed by atoms with Crippen molar-refractivity contribution in [1.82, 2.24) is 0 Å². The van der Waals surface area contributed by atoms with Crippen molar-refractivity contribution in [3.05, 3.63) is 0 Å². The van der Waals surface area contributed by atoms with Crippen molar-refractivity contribution in [1.29, 1.82) is 0 Å². The number of carbonyl (C=O) groups excluding carboxylic acids is 2. The van der Waals surface area contributed by atoms with Crippen LogP contribution in [0, 0.1) is 58.2 Å². The fourth-order valence-electron chi connectivity index (χ4n) is 9.41. The molecular formula is C30H50O3. The van der Waals surface area contributed by atoms with Crippen molar-refractivity contribution < 1.29 is 14.3 Å². The Kier molecular flexibility index (Phi) is 7.12. The largest absolute Gasteiger partial charge is 0.463 e. The first-order chi connectivity index (χ1) is 15.5. The van der Waals surface area contributed by atoms with Gasteiger partial charge in [-0.25, -0.2) is 0 Å². The van der Waals surface area contributed by atoms with E-state index in [1.54, 1.807) is 0 Å². The highest BCUT2D eigenvalue weighted by Crippen LogP contribution is 2.67. The van der Waals surface area contributed by atoms with Gasteiger partial charge >= 0.3 is 5.97 Å². The van der Waals surface area contributed by atoms with Gasteiger partial charge in [0.25, 0.3) is 0 Å². The van der Waals surface area contributed by atoms with Gasteiger partial charge in [-0.1, -0.05) is 54.4 Å². The Labute approximate surface area is 203 Å². The molecule has 0 N–H and O–H groups in total. The molecule has 0 aromatic heterocycles. The Bertz CT molecular complexity index is 743. The van der Waals surface area contributed by atoms with Crippen molar-refractivity contribution in [3.63, 3.8) is 0 Å². The molecule has 0 bridgehead atoms. The summed E-state index contributed by atoms with van der Waals surface area (Å²) < 4.78 is 5.60. The molecule has 0 spiro atoms. The van der Waals surface area contributed by atoms with E-state index >= 15 is 0 Å². The van der Waals surface area contributed by atoms with Crippen molar-refractivity contribution in [3.8, 4) is 0 Å². The predicted octanol–water partition coefficient (Wildman–Crippen LogP) is 7.46. The molecule has 3 heteroatoms. The lowest BCUT2D eigenvalue weighted by molar-refractivity contribution is -0.169. The quantitative estimate of drug-likeness (QED) is 0.388. The monoisotopic (exact) mass is 458 g/mol. The normalized spacial score (nSPS) is 44.5. The molecule has 0 saturated heterocycles. The number of ketones is 1. The van der Waals surface area contributed by atoms with Gasteiger partial charge in [0.2, 0.25) is 0 Å². The number of ether oxygens (including phenoxy) is 1. The van der Waals surface area contributed by atoms with E-state index in [1.807, 2.05) is 0 Å². The zero-order valence-corrected chi connectivity index (χ0v) is 22.5. The third kappa shape index (κ3) is 4.44. The summed E-state index contributed by atoms with van der Waals surface area (Å²) in [5.74, 6) is 5.45. The Balaban J connectivity index is 1.49. The highest BCUT2D eigenvalue weighted by molar-refractivity contribution is 5.84. The molecule has 1 unspecified atom stereocenters. The molecule has 188 valence electrons. The summed E-state index contributed by atoms with van der Waals surface area (Å²) in [7, 11) is 0. The molecule has 33 heavy (non-hydrogen) atoms. The number of carbonyl (C=O) groups is 2. The van der Waals surface area contributed by atoms with Crippen LogP contribution in [0.5, 0.6) is 0 Å². The van der Waals surface area contributed by atoms with E-state index in [1.165, 1.54) is 45.4 Å². The lowest BCUT2D eigenvalue weighted by atomic mass is 9.44. The highest BCUT2D eigenvalue weighted by atomic mass is 16.5. The fraction of sp³-hybridized carbons (Fsp3) is 0.933. The molecule has 4 saturated carbocycles. The van der Waals surface area contributed by atoms with Crippen molar-refractivity contribution in [2.75, 3.05) is 0 Å². The fourth-order valence-corrected chi connectivity index (χ4v) is 9.41. The standard InChI is InChI=1S/C30H50O3/c1-18(2)19(3)8-9-20(4)25-12-13-26-24-11-10-22-16-23(33-21(5)31)14-15-29(22,6)28(24)27(32)17-30(25,26)7/h18-20,22-26,28H,8-17H2,1-7H3/t19-,20+,22?,23-,24-,25+,26-,28+,29-,30+/m0/s1. The minimum atomic E-state index is -0.157. The van der Waals surface area contributed by atoms with Crippen LogP contribution in [0.3, 0.4) is 0 Å². The predicted molar refractivity (Wildman–Crippen MR) is 134 cm³/mol. The van der Waals surface area contributed by atoms with Gasteiger partial charge in [0.05, 0.1) is 0 Å². The Morgan fingerprint density at radius 1 is 1.00 bits per heavy atom. The van der Waals surface area contributed by atoms with Gasteiger partial charge in [0.15, 0.2) is 0 Å². The van der Waals surface area contributed by atoms with Gasteiger partial charge in [0, 0.05) is 19.3 Å². The van der Waals surface area contributed by atoms with Crippen LogP contribution in [0.15, 0.2) is 0 Å². The third-order valence-electron chi connectivity index (χ3n) is 11.6. The molecule has 0 aliphatic heterocycles. The first-order valence-corrected chi connectivity index (χ1v) is 14.2. The molecule has 0 radical (unpaired) electrons. The second-order valence-electron chi connectivity index (χ2n) is 13.6. The first kappa shape index (κ1) is 25.2. The molecule has 0 aromatic rings. The van der Waals surface area contributed by atoms with E-state index in [2.05, 4.69) is 41.5 Å². The average Bonchev–Trinajstić information content (AvgIpc) is 3.07. The number of Topliss-reactive ketones (excluding diaryl/α,β-unsaturated/α-hetero) is 1. The number of hydrogen-bond acceptors (Lipinski definition) is 3. The number of rotatable bonds is 6. The summed E-state index contributed by atoms with van der Waals surface area (Å²) in [5, 5.41) is 0. The van der Waals surface area contributed by atoms with Gasteiger partial charge < -0.3 is 4.74 Å². The molecule has 0 aromatic carbocycles. The van der Waals surface area contributed by atoms with Gasteiger partial charge in [-0.3, -0.25) is 9.59 Å². The van der Waals surface area contributed by atoms with Gasteiger partial charge in [-0.05, 0) is 97.2 Å². The SMILES string of the molecule is CC(=O)O[C@H]1CC[C@@]2(C)C(CC[C@H]3[C@@H]4CC[C@H]([C@H](C)CC[C@H](C)C(C)C)[C@@]4(C)CC(=O)[C@@H]32)C1. The maximum atomic E-state index is 13.9. The minimum Gasteiger partial charge on any atom is -0.463 e. The Morgan fingerprint density at radius 3 is 2.39 bits per heavy atom. The van der Waals surface area contributed by atoms with Crippen LogP contribution in [0.1, 0.15) is 113 Å². The van der Waals surface area contributed by atoms with E-state index in [-0.39, 0.29) is 28.8 Å². The van der Waals surface area contributed by atoms with Crippen LogP contribution in [-0.4, -0.2) is 17.9 Å². The zero-order chi connectivity index (χ0) is 24.1. The summed E-state index contributed by atoms with van der Waals surface area (Å²) in [4.78, 5) is 25.5. The van der Waals surface area contributed by atoms with Crippen molar-refractivity contribution in [2.24, 2.45) is 58.2 Å². The Morgan fingerprint density at radius 2 is 1.73 bits per heavy atom. The van der Waals surface area contributed by atoms with Gasteiger partial charge in [-0.2, -0.15) is 0 Å². The molecule has 4 aliphatic carbocycles. The van der Waals surface area contributed by atoms with Crippen LogP contribution in [0.2, 0.25) is 0 Å². The second kappa shape index (κ2) is 9.30. The highest BCUT2D eigenvalue weighted by Gasteiger charge is 2.63. The molecule has 4 aliphatic rings. The smallest absolute Gasteiger partial charge is 0.302 e. The lowest BCUT2D eigenvalue weighted by Crippen LogP contribution is -2.58. The van der Waals surface area contributed by atoms with Crippen LogP contribution in [0.4, 0.5) is 0 Å². The molecule has 4 fully saturated rings. The molecule has 10 atom stereocenters. The second-order valence-corrected chi connectivity index (χ2v) is 13.6. The summed E-state index contributed by atoms with van der Waals surface area (Å²) in [6.07, 6.45) is 11.5. The van der Waals surface area contributed by atoms with E-state index in [4.69, 9.17) is 4.74 Å². The first-order valence-electron chi connectivity index (χ1n) is 14.2. The van der Waals surface area contributed by atoms with Crippen molar-refractivity contribution in [2.45, 2.75) is 119 Å². The molecular weight excluding hydrogens is 408 g/mol. The topological polar surface area (TPSA) is 43.4 Å². The van der Waals surface area contributed by atoms with Crippen LogP contribution in [-0.2, 0) is 14.3 Å². The van der Waals surface area contributed by atoms with Gasteiger partial charge in [-0.15, -0.1) is 0 Å².